The first kappa shape index (κ1) is 29.9. The van der Waals surface area contributed by atoms with E-state index in [0.717, 1.165) is 24.9 Å². The van der Waals surface area contributed by atoms with Crippen molar-refractivity contribution in [2.75, 3.05) is 19.7 Å². The van der Waals surface area contributed by atoms with Gasteiger partial charge in [0, 0.05) is 38.6 Å². The molecule has 0 radical (unpaired) electrons. The van der Waals surface area contributed by atoms with Crippen molar-refractivity contribution < 1.29 is 42.5 Å². The van der Waals surface area contributed by atoms with Crippen LogP contribution in [0.25, 0.3) is 0 Å². The van der Waals surface area contributed by atoms with E-state index in [0.29, 0.717) is 36.8 Å². The summed E-state index contributed by atoms with van der Waals surface area (Å²) in [5, 5.41) is 17.0. The first-order chi connectivity index (χ1) is 18.4. The number of piperidine rings is 1. The van der Waals surface area contributed by atoms with Crippen LogP contribution in [0.5, 0.6) is 5.75 Å². The highest BCUT2D eigenvalue weighted by Crippen LogP contribution is 2.43. The number of aliphatic carboxylic acids is 1. The minimum Gasteiger partial charge on any atom is -0.508 e. The van der Waals surface area contributed by atoms with Crippen LogP contribution in [-0.4, -0.2) is 75.8 Å². The summed E-state index contributed by atoms with van der Waals surface area (Å²) in [7, 11) is 0. The quantitative estimate of drug-likeness (QED) is 0.471. The topological polar surface area (TPSA) is 107 Å². The molecular formula is C28H33F3N2O6. The molecule has 2 fully saturated rings. The second kappa shape index (κ2) is 13.5. The number of aromatic hydroxyl groups is 1. The lowest BCUT2D eigenvalue weighted by Crippen LogP contribution is -2.47. The van der Waals surface area contributed by atoms with Crippen LogP contribution in [0.2, 0.25) is 0 Å². The Morgan fingerprint density at radius 1 is 1.03 bits per heavy atom. The predicted molar refractivity (Wildman–Crippen MR) is 136 cm³/mol. The van der Waals surface area contributed by atoms with Crippen LogP contribution in [0.15, 0.2) is 54.6 Å². The number of halogens is 3. The lowest BCUT2D eigenvalue weighted by Gasteiger charge is -2.40. The van der Waals surface area contributed by atoms with E-state index in [1.807, 2.05) is 42.5 Å². The monoisotopic (exact) mass is 550 g/mol. The Morgan fingerprint density at radius 2 is 1.64 bits per heavy atom. The summed E-state index contributed by atoms with van der Waals surface area (Å²) >= 11 is 0. The number of phenols is 1. The number of benzene rings is 2. The number of amides is 1. The number of hydrogen-bond donors (Lipinski definition) is 2. The maximum Gasteiger partial charge on any atom is 0.490 e. The molecule has 11 heteroatoms. The zero-order chi connectivity index (χ0) is 28.6. The molecule has 0 saturated carbocycles. The molecule has 39 heavy (non-hydrogen) atoms. The molecule has 2 heterocycles. The zero-order valence-electron chi connectivity index (χ0n) is 21.6. The fourth-order valence-corrected chi connectivity index (χ4v) is 5.28. The third-order valence-corrected chi connectivity index (χ3v) is 7.06. The number of ether oxygens (including phenoxy) is 1. The minimum absolute atomic E-state index is 0.161. The number of carbonyl (C=O) groups is 3. The van der Waals surface area contributed by atoms with Crippen molar-refractivity contribution in [3.05, 3.63) is 65.7 Å². The molecule has 1 amide bonds. The van der Waals surface area contributed by atoms with E-state index in [4.69, 9.17) is 14.6 Å². The summed E-state index contributed by atoms with van der Waals surface area (Å²) in [6.45, 7) is 3.05. The van der Waals surface area contributed by atoms with Crippen molar-refractivity contribution in [3.63, 3.8) is 0 Å². The van der Waals surface area contributed by atoms with Gasteiger partial charge in [-0.25, -0.2) is 4.79 Å². The van der Waals surface area contributed by atoms with E-state index in [1.54, 1.807) is 11.0 Å². The van der Waals surface area contributed by atoms with Crippen molar-refractivity contribution in [2.24, 2.45) is 0 Å². The van der Waals surface area contributed by atoms with Crippen LogP contribution in [0.3, 0.4) is 0 Å². The molecule has 0 spiro atoms. The Hall–Kier alpha value is -3.60. The van der Waals surface area contributed by atoms with Crippen molar-refractivity contribution in [3.8, 4) is 5.75 Å². The number of alkyl halides is 3. The molecule has 2 unspecified atom stereocenters. The first-order valence-corrected chi connectivity index (χ1v) is 12.7. The van der Waals surface area contributed by atoms with Gasteiger partial charge >= 0.3 is 18.1 Å². The maximum absolute atomic E-state index is 12.8. The van der Waals surface area contributed by atoms with E-state index in [-0.39, 0.29) is 12.5 Å². The summed E-state index contributed by atoms with van der Waals surface area (Å²) < 4.78 is 36.7. The smallest absolute Gasteiger partial charge is 0.490 e. The molecule has 8 nitrogen and oxygen atoms in total. The lowest BCUT2D eigenvalue weighted by atomic mass is 9.85. The van der Waals surface area contributed by atoms with Crippen LogP contribution >= 0.6 is 0 Å². The molecule has 2 aliphatic heterocycles. The number of esters is 1. The highest BCUT2D eigenvalue weighted by atomic mass is 19.4. The second-order valence-corrected chi connectivity index (χ2v) is 9.77. The van der Waals surface area contributed by atoms with E-state index >= 15 is 0 Å². The third-order valence-electron chi connectivity index (χ3n) is 7.06. The van der Waals surface area contributed by atoms with Crippen LogP contribution < -0.4 is 0 Å². The zero-order valence-corrected chi connectivity index (χ0v) is 21.6. The molecule has 2 bridgehead atoms. The summed E-state index contributed by atoms with van der Waals surface area (Å²) in [5.74, 6) is -2.55. The van der Waals surface area contributed by atoms with Crippen molar-refractivity contribution in [1.29, 1.82) is 0 Å². The summed E-state index contributed by atoms with van der Waals surface area (Å²) in [6, 6.07) is 18.6. The van der Waals surface area contributed by atoms with E-state index < -0.39 is 18.1 Å². The Morgan fingerprint density at radius 3 is 2.18 bits per heavy atom. The van der Waals surface area contributed by atoms with Crippen LogP contribution in [0.4, 0.5) is 13.2 Å². The standard InChI is InChI=1S/C26H32N2O4.C2HF3O2/c1-19(29)32-18-26(31)27(17-20-6-3-2-4-7-20)12-13-28-23-10-11-24(28)15-22(14-23)21-8-5-9-25(30)16-21;3-2(4,5)1(6)7/h2-9,16,22-24,30H,10-15,17-18H2,1H3;(H,6,7). The molecule has 4 rings (SSSR count). The molecule has 2 aromatic carbocycles. The summed E-state index contributed by atoms with van der Waals surface area (Å²) in [6.07, 6.45) is -0.555. The highest BCUT2D eigenvalue weighted by Gasteiger charge is 2.41. The molecule has 2 saturated heterocycles. The summed E-state index contributed by atoms with van der Waals surface area (Å²) in [4.78, 5) is 37.2. The Kier molecular flexibility index (Phi) is 10.3. The van der Waals surface area contributed by atoms with E-state index in [9.17, 15) is 27.9 Å². The number of carboxylic acid groups (broad SMARTS) is 1. The second-order valence-electron chi connectivity index (χ2n) is 9.77. The third kappa shape index (κ3) is 8.98. The molecule has 2 aliphatic rings. The molecule has 2 atom stereocenters. The van der Waals surface area contributed by atoms with E-state index in [1.165, 1.54) is 25.3 Å². The van der Waals surface area contributed by atoms with Crippen molar-refractivity contribution in [1.82, 2.24) is 9.80 Å². The SMILES string of the molecule is CC(=O)OCC(=O)N(CCN1C2CCC1CC(c1cccc(O)c1)C2)Cc1ccccc1.O=C(O)C(F)(F)F. The molecule has 212 valence electrons. The molecule has 0 aliphatic carbocycles. The highest BCUT2D eigenvalue weighted by molar-refractivity contribution is 5.80. The number of carbonyl (C=O) groups excluding carboxylic acids is 2. The van der Waals surface area contributed by atoms with Gasteiger partial charge in [0.15, 0.2) is 6.61 Å². The number of carboxylic acids is 1. The fourth-order valence-electron chi connectivity index (χ4n) is 5.28. The lowest BCUT2D eigenvalue weighted by molar-refractivity contribution is -0.192. The molecule has 2 aromatic rings. The molecule has 2 N–H and O–H groups in total. The van der Waals surface area contributed by atoms with Crippen molar-refractivity contribution in [2.45, 2.75) is 63.3 Å². The Bertz CT molecular complexity index is 1110. The number of hydrogen-bond acceptors (Lipinski definition) is 6. The first-order valence-electron chi connectivity index (χ1n) is 12.7. The largest absolute Gasteiger partial charge is 0.508 e. The molecular weight excluding hydrogens is 517 g/mol. The number of phenolic OH excluding ortho intramolecular Hbond substituents is 1. The van der Waals surface area contributed by atoms with Gasteiger partial charge in [0.25, 0.3) is 5.91 Å². The average Bonchev–Trinajstić information content (AvgIpc) is 3.11. The van der Waals surface area contributed by atoms with Crippen LogP contribution in [0.1, 0.15) is 49.7 Å². The fraction of sp³-hybridized carbons (Fsp3) is 0.464. The molecule has 0 aromatic heterocycles. The van der Waals surface area contributed by atoms with Crippen LogP contribution in [-0.2, 0) is 25.7 Å². The van der Waals surface area contributed by atoms with Gasteiger partial charge in [0.1, 0.15) is 5.75 Å². The number of fused-ring (bicyclic) bond motifs is 2. The Labute approximate surface area is 225 Å². The average molecular weight is 551 g/mol. The van der Waals surface area contributed by atoms with Gasteiger partial charge in [-0.2, -0.15) is 13.2 Å². The van der Waals surface area contributed by atoms with Crippen LogP contribution in [0, 0.1) is 0 Å². The number of nitrogens with zero attached hydrogens (tertiary/aromatic N) is 2. The van der Waals surface area contributed by atoms with Gasteiger partial charge in [-0.1, -0.05) is 42.5 Å². The minimum atomic E-state index is -5.08. The van der Waals surface area contributed by atoms with E-state index in [2.05, 4.69) is 11.0 Å². The number of rotatable bonds is 8. The van der Waals surface area contributed by atoms with Gasteiger partial charge < -0.3 is 19.8 Å². The van der Waals surface area contributed by atoms with Gasteiger partial charge in [-0.15, -0.1) is 0 Å². The van der Waals surface area contributed by atoms with Gasteiger partial charge in [-0.3, -0.25) is 14.5 Å². The normalized spacial score (nSPS) is 20.5. The van der Waals surface area contributed by atoms with Gasteiger partial charge in [-0.05, 0) is 54.9 Å². The summed E-state index contributed by atoms with van der Waals surface area (Å²) in [5.41, 5.74) is 2.29. The predicted octanol–water partition coefficient (Wildman–Crippen LogP) is 4.33. The van der Waals surface area contributed by atoms with Gasteiger partial charge in [0.2, 0.25) is 0 Å². The maximum atomic E-state index is 12.8. The van der Waals surface area contributed by atoms with Crippen molar-refractivity contribution >= 4 is 17.8 Å². The van der Waals surface area contributed by atoms with Gasteiger partial charge in [0.05, 0.1) is 0 Å². The Balaban J connectivity index is 0.000000532.